The number of rotatable bonds is 9. The Hall–Kier alpha value is -1.96. The Morgan fingerprint density at radius 1 is 1.00 bits per heavy atom. The van der Waals surface area contributed by atoms with E-state index in [0.717, 1.165) is 16.8 Å². The molecule has 0 aliphatic heterocycles. The second-order valence-electron chi connectivity index (χ2n) is 5.67. The molecule has 0 saturated heterocycles. The van der Waals surface area contributed by atoms with Crippen molar-refractivity contribution in [2.45, 2.75) is 32.1 Å². The van der Waals surface area contributed by atoms with Gasteiger partial charge in [-0.1, -0.05) is 42.5 Å². The molecule has 130 valence electrons. The van der Waals surface area contributed by atoms with Crippen LogP contribution in [0.15, 0.2) is 54.6 Å². The highest BCUT2D eigenvalue weighted by Crippen LogP contribution is 2.14. The molecule has 0 aliphatic rings. The van der Waals surface area contributed by atoms with Crippen molar-refractivity contribution in [1.82, 2.24) is 10.6 Å². The van der Waals surface area contributed by atoms with E-state index in [1.807, 2.05) is 54.6 Å². The topological polar surface area (TPSA) is 103 Å². The summed E-state index contributed by atoms with van der Waals surface area (Å²) in [5.41, 5.74) is 8.72. The van der Waals surface area contributed by atoms with Gasteiger partial charge in [0.1, 0.15) is 6.29 Å². The van der Waals surface area contributed by atoms with Gasteiger partial charge in [0.2, 0.25) is 0 Å². The Morgan fingerprint density at radius 2 is 1.67 bits per heavy atom. The van der Waals surface area contributed by atoms with E-state index in [-0.39, 0.29) is 18.9 Å². The van der Waals surface area contributed by atoms with Gasteiger partial charge in [0.25, 0.3) is 0 Å². The van der Waals surface area contributed by atoms with Crippen molar-refractivity contribution < 1.29 is 10.2 Å². The van der Waals surface area contributed by atoms with E-state index in [0.29, 0.717) is 6.54 Å². The fourth-order valence-electron chi connectivity index (χ4n) is 2.37. The molecule has 2 aromatic carbocycles. The molecular weight excluding hydrogens is 304 g/mol. The molecule has 0 aromatic heterocycles. The number of benzene rings is 2. The number of hydrogen-bond acceptors (Lipinski definition) is 6. The Bertz CT molecular complexity index is 590. The second-order valence-corrected chi connectivity index (χ2v) is 5.67. The molecule has 6 heteroatoms. The van der Waals surface area contributed by atoms with Gasteiger partial charge in [-0.3, -0.25) is 10.6 Å². The Morgan fingerprint density at radius 3 is 2.25 bits per heavy atom. The lowest BCUT2D eigenvalue weighted by Gasteiger charge is -2.27. The molecule has 0 bridgehead atoms. The Kier molecular flexibility index (Phi) is 7.17. The van der Waals surface area contributed by atoms with Crippen molar-refractivity contribution in [3.63, 3.8) is 0 Å². The summed E-state index contributed by atoms with van der Waals surface area (Å²) in [6, 6.07) is 17.9. The number of hydrogen-bond donors (Lipinski definition) is 6. The molecule has 2 rings (SSSR count). The fraction of sp³-hybridized carbons (Fsp3) is 0.333. The molecule has 6 nitrogen and oxygen atoms in total. The molecule has 24 heavy (non-hydrogen) atoms. The van der Waals surface area contributed by atoms with Gasteiger partial charge in [-0.2, -0.15) is 0 Å². The van der Waals surface area contributed by atoms with Crippen LogP contribution < -0.4 is 21.7 Å². The van der Waals surface area contributed by atoms with Crippen molar-refractivity contribution >= 4 is 5.69 Å². The van der Waals surface area contributed by atoms with Gasteiger partial charge in [-0.15, -0.1) is 0 Å². The molecule has 7 N–H and O–H groups in total. The summed E-state index contributed by atoms with van der Waals surface area (Å²) in [5, 5.41) is 28.0. The van der Waals surface area contributed by atoms with Crippen LogP contribution in [0.4, 0.5) is 5.69 Å². The zero-order chi connectivity index (χ0) is 17.4. The smallest absolute Gasteiger partial charge is 0.164 e. The average molecular weight is 330 g/mol. The quantitative estimate of drug-likeness (QED) is 0.385. The molecule has 0 amide bonds. The van der Waals surface area contributed by atoms with Crippen LogP contribution in [-0.4, -0.2) is 29.3 Å². The first-order valence-corrected chi connectivity index (χ1v) is 8.04. The van der Waals surface area contributed by atoms with E-state index in [1.165, 1.54) is 0 Å². The molecule has 0 radical (unpaired) electrons. The zero-order valence-corrected chi connectivity index (χ0v) is 13.8. The summed E-state index contributed by atoms with van der Waals surface area (Å²) in [7, 11) is 0. The first-order chi connectivity index (χ1) is 11.6. The second kappa shape index (κ2) is 9.36. The van der Waals surface area contributed by atoms with Gasteiger partial charge in [0.15, 0.2) is 6.29 Å². The van der Waals surface area contributed by atoms with Crippen molar-refractivity contribution in [3.05, 3.63) is 65.7 Å². The highest BCUT2D eigenvalue weighted by atomic mass is 16.5. The van der Waals surface area contributed by atoms with Crippen LogP contribution in [0.3, 0.4) is 0 Å². The molecule has 0 aliphatic carbocycles. The molecule has 0 saturated carbocycles. The van der Waals surface area contributed by atoms with E-state index in [4.69, 9.17) is 15.9 Å². The van der Waals surface area contributed by atoms with E-state index < -0.39 is 6.29 Å². The van der Waals surface area contributed by atoms with Crippen LogP contribution >= 0.6 is 0 Å². The molecule has 0 fully saturated rings. The van der Waals surface area contributed by atoms with E-state index in [2.05, 4.69) is 22.9 Å². The Labute approximate surface area is 142 Å². The number of nitrogens with one attached hydrogen (secondary N) is 3. The number of aliphatic hydroxyl groups excluding tert-OH is 1. The summed E-state index contributed by atoms with van der Waals surface area (Å²) >= 11 is 0. The zero-order valence-electron chi connectivity index (χ0n) is 13.8. The monoisotopic (exact) mass is 330 g/mol. The van der Waals surface area contributed by atoms with Crippen LogP contribution in [0.25, 0.3) is 0 Å². The predicted molar refractivity (Wildman–Crippen MR) is 96.0 cm³/mol. The van der Waals surface area contributed by atoms with Crippen LogP contribution in [0.1, 0.15) is 24.1 Å². The molecule has 2 unspecified atom stereocenters. The van der Waals surface area contributed by atoms with Gasteiger partial charge >= 0.3 is 0 Å². The van der Waals surface area contributed by atoms with E-state index >= 15 is 0 Å². The largest absolute Gasteiger partial charge is 0.367 e. The average Bonchev–Trinajstić information content (AvgIpc) is 2.61. The number of nitrogens with two attached hydrogens (primary N) is 1. The number of aliphatic hydroxyl groups is 2. The SMILES string of the molecule is CC(NC(NCC(O)O)Nc1ccc(CN)cc1)c1ccccc1. The minimum atomic E-state index is -1.41. The van der Waals surface area contributed by atoms with E-state index in [9.17, 15) is 0 Å². The fourth-order valence-corrected chi connectivity index (χ4v) is 2.37. The Balaban J connectivity index is 2.02. The lowest BCUT2D eigenvalue weighted by atomic mass is 10.1. The lowest BCUT2D eigenvalue weighted by molar-refractivity contribution is -0.0391. The maximum atomic E-state index is 9.11. The summed E-state index contributed by atoms with van der Waals surface area (Å²) in [5.74, 6) is 0. The van der Waals surface area contributed by atoms with Crippen molar-refractivity contribution in [2.75, 3.05) is 11.9 Å². The highest BCUT2D eigenvalue weighted by molar-refractivity contribution is 5.45. The lowest BCUT2D eigenvalue weighted by Crippen LogP contribution is -2.51. The maximum Gasteiger partial charge on any atom is 0.164 e. The van der Waals surface area contributed by atoms with Gasteiger partial charge in [-0.05, 0) is 30.2 Å². The molecule has 0 spiro atoms. The molecule has 0 heterocycles. The summed E-state index contributed by atoms with van der Waals surface area (Å²) < 4.78 is 0. The van der Waals surface area contributed by atoms with E-state index in [1.54, 1.807) is 0 Å². The van der Waals surface area contributed by atoms with Crippen LogP contribution in [0, 0.1) is 0 Å². The standard InChI is InChI=1S/C18H26N4O2/c1-13(15-5-3-2-4-6-15)21-18(20-12-17(23)24)22-16-9-7-14(11-19)8-10-16/h2-10,13,17-18,20-24H,11-12,19H2,1H3. The normalized spacial score (nSPS) is 13.7. The van der Waals surface area contributed by atoms with Crippen molar-refractivity contribution in [1.29, 1.82) is 0 Å². The third kappa shape index (κ3) is 5.92. The van der Waals surface area contributed by atoms with Gasteiger partial charge in [0, 0.05) is 24.8 Å². The number of anilines is 1. The molecule has 2 atom stereocenters. The third-order valence-electron chi connectivity index (χ3n) is 3.72. The minimum Gasteiger partial charge on any atom is -0.367 e. The van der Waals surface area contributed by atoms with Crippen LogP contribution in [0.2, 0.25) is 0 Å². The third-order valence-corrected chi connectivity index (χ3v) is 3.72. The predicted octanol–water partition coefficient (Wildman–Crippen LogP) is 1.09. The van der Waals surface area contributed by atoms with Gasteiger partial charge < -0.3 is 21.3 Å². The van der Waals surface area contributed by atoms with Crippen molar-refractivity contribution in [3.8, 4) is 0 Å². The van der Waals surface area contributed by atoms with Crippen LogP contribution in [0.5, 0.6) is 0 Å². The van der Waals surface area contributed by atoms with Crippen LogP contribution in [-0.2, 0) is 6.54 Å². The molecular formula is C18H26N4O2. The van der Waals surface area contributed by atoms with Gasteiger partial charge in [0.05, 0.1) is 0 Å². The van der Waals surface area contributed by atoms with Gasteiger partial charge in [-0.25, -0.2) is 0 Å². The first kappa shape index (κ1) is 18.4. The first-order valence-electron chi connectivity index (χ1n) is 8.04. The minimum absolute atomic E-state index is 0.0487. The molecule has 2 aromatic rings. The summed E-state index contributed by atoms with van der Waals surface area (Å²) in [4.78, 5) is 0. The van der Waals surface area contributed by atoms with Crippen molar-refractivity contribution in [2.24, 2.45) is 5.73 Å². The maximum absolute atomic E-state index is 9.11. The highest BCUT2D eigenvalue weighted by Gasteiger charge is 2.14. The summed E-state index contributed by atoms with van der Waals surface area (Å²) in [6.45, 7) is 2.60. The summed E-state index contributed by atoms with van der Waals surface area (Å²) in [6.07, 6.45) is -1.74.